The largest absolute Gasteiger partial charge is 0.338 e. The lowest BCUT2D eigenvalue weighted by atomic mass is 9.91. The molecular weight excluding hydrogens is 400 g/mol. The second-order valence-corrected chi connectivity index (χ2v) is 8.65. The molecule has 4 heteroatoms. The van der Waals surface area contributed by atoms with Crippen LogP contribution < -0.4 is 0 Å². The Morgan fingerprint density at radius 1 is 1.04 bits per heavy atom. The van der Waals surface area contributed by atoms with Crippen molar-refractivity contribution in [3.63, 3.8) is 0 Å². The van der Waals surface area contributed by atoms with Crippen molar-refractivity contribution in [3.8, 4) is 11.3 Å². The molecule has 0 aliphatic carbocycles. The Balaban J connectivity index is 1.82. The van der Waals surface area contributed by atoms with Crippen LogP contribution in [0.2, 0.25) is 0 Å². The molecule has 1 aromatic heterocycles. The third-order valence-electron chi connectivity index (χ3n) is 5.22. The predicted octanol–water partition coefficient (Wildman–Crippen LogP) is 5.78. The van der Waals surface area contributed by atoms with Gasteiger partial charge in [0.05, 0.1) is 16.8 Å². The summed E-state index contributed by atoms with van der Waals surface area (Å²) in [7, 11) is 0. The molecule has 0 radical (unpaired) electrons. The molecule has 3 nitrogen and oxygen atoms in total. The fourth-order valence-electron chi connectivity index (χ4n) is 4.15. The Hall–Kier alpha value is -2.20. The lowest BCUT2D eigenvalue weighted by molar-refractivity contribution is 0.0625. The number of fused-ring (bicyclic) bond motifs is 1. The first-order chi connectivity index (χ1) is 13.0. The molecule has 1 fully saturated rings. The van der Waals surface area contributed by atoms with Gasteiger partial charge < -0.3 is 4.90 Å². The molecule has 138 valence electrons. The summed E-state index contributed by atoms with van der Waals surface area (Å²) in [5, 5.41) is 0.923. The number of pyridine rings is 1. The van der Waals surface area contributed by atoms with E-state index in [1.807, 2.05) is 59.5 Å². The molecule has 2 aromatic carbocycles. The molecule has 0 spiro atoms. The van der Waals surface area contributed by atoms with Gasteiger partial charge in [0, 0.05) is 28.5 Å². The Morgan fingerprint density at radius 2 is 1.78 bits per heavy atom. The highest BCUT2D eigenvalue weighted by Crippen LogP contribution is 2.29. The van der Waals surface area contributed by atoms with E-state index in [9.17, 15) is 4.79 Å². The quantitative estimate of drug-likeness (QED) is 0.523. The predicted molar refractivity (Wildman–Crippen MR) is 114 cm³/mol. The van der Waals surface area contributed by atoms with E-state index in [2.05, 4.69) is 29.8 Å². The number of piperidine rings is 1. The molecule has 27 heavy (non-hydrogen) atoms. The number of carbonyl (C=O) groups excluding carboxylic acids is 1. The average molecular weight is 423 g/mol. The van der Waals surface area contributed by atoms with Crippen LogP contribution in [-0.4, -0.2) is 28.9 Å². The maximum Gasteiger partial charge on any atom is 0.254 e. The number of amides is 1. The van der Waals surface area contributed by atoms with Crippen molar-refractivity contribution in [2.24, 2.45) is 11.8 Å². The SMILES string of the molecule is C[C@H]1C[C@H](C)CN(C(=O)c2cc(-c3cccc(Br)c3)nc3ccccc23)C1. The van der Waals surface area contributed by atoms with Gasteiger partial charge in [0.15, 0.2) is 0 Å². The fourth-order valence-corrected chi connectivity index (χ4v) is 4.55. The Kier molecular flexibility index (Phi) is 5.00. The summed E-state index contributed by atoms with van der Waals surface area (Å²) >= 11 is 3.53. The van der Waals surface area contributed by atoms with Crippen molar-refractivity contribution in [3.05, 3.63) is 64.6 Å². The van der Waals surface area contributed by atoms with Crippen LogP contribution in [0.15, 0.2) is 59.1 Å². The number of hydrogen-bond donors (Lipinski definition) is 0. The van der Waals surface area contributed by atoms with E-state index in [4.69, 9.17) is 4.98 Å². The minimum absolute atomic E-state index is 0.114. The number of likely N-dealkylation sites (tertiary alicyclic amines) is 1. The monoisotopic (exact) mass is 422 g/mol. The van der Waals surface area contributed by atoms with E-state index in [-0.39, 0.29) is 5.91 Å². The van der Waals surface area contributed by atoms with Gasteiger partial charge in [-0.15, -0.1) is 0 Å². The number of rotatable bonds is 2. The summed E-state index contributed by atoms with van der Waals surface area (Å²) in [5.74, 6) is 1.19. The van der Waals surface area contributed by atoms with Gasteiger partial charge in [-0.1, -0.05) is 60.1 Å². The molecule has 0 N–H and O–H groups in total. The second kappa shape index (κ2) is 7.43. The fraction of sp³-hybridized carbons (Fsp3) is 0.304. The molecule has 2 atom stereocenters. The van der Waals surface area contributed by atoms with Crippen molar-refractivity contribution >= 4 is 32.7 Å². The molecule has 4 rings (SSSR count). The van der Waals surface area contributed by atoms with Crippen molar-refractivity contribution in [2.75, 3.05) is 13.1 Å². The maximum absolute atomic E-state index is 13.4. The minimum Gasteiger partial charge on any atom is -0.338 e. The van der Waals surface area contributed by atoms with E-state index in [0.717, 1.165) is 45.3 Å². The molecular formula is C23H23BrN2O. The van der Waals surface area contributed by atoms with Gasteiger partial charge >= 0.3 is 0 Å². The molecule has 1 aliphatic rings. The van der Waals surface area contributed by atoms with Gasteiger partial charge in [0.25, 0.3) is 5.91 Å². The normalized spacial score (nSPS) is 20.0. The van der Waals surface area contributed by atoms with Crippen LogP contribution in [0.4, 0.5) is 0 Å². The Labute approximate surface area is 168 Å². The van der Waals surface area contributed by atoms with Crippen LogP contribution in [-0.2, 0) is 0 Å². The highest BCUT2D eigenvalue weighted by molar-refractivity contribution is 9.10. The summed E-state index contributed by atoms with van der Waals surface area (Å²) < 4.78 is 1.00. The van der Waals surface area contributed by atoms with Crippen molar-refractivity contribution < 1.29 is 4.79 Å². The first kappa shape index (κ1) is 18.2. The third kappa shape index (κ3) is 3.77. The zero-order valence-electron chi connectivity index (χ0n) is 15.7. The molecule has 2 heterocycles. The van der Waals surface area contributed by atoms with E-state index in [0.29, 0.717) is 11.8 Å². The standard InChI is InChI=1S/C23H23BrN2O/c1-15-10-16(2)14-26(13-15)23(27)20-12-22(17-6-5-7-18(24)11-17)25-21-9-4-3-8-19(20)21/h3-9,11-12,15-16H,10,13-14H2,1-2H3/t15-,16-/m0/s1. The lowest BCUT2D eigenvalue weighted by Crippen LogP contribution is -2.42. The number of para-hydroxylation sites is 1. The van der Waals surface area contributed by atoms with Crippen LogP contribution >= 0.6 is 15.9 Å². The summed E-state index contributed by atoms with van der Waals surface area (Å²) in [6, 6.07) is 17.9. The summed E-state index contributed by atoms with van der Waals surface area (Å²) in [4.78, 5) is 20.3. The maximum atomic E-state index is 13.4. The van der Waals surface area contributed by atoms with Gasteiger partial charge in [0.2, 0.25) is 0 Å². The van der Waals surface area contributed by atoms with Crippen LogP contribution in [0.3, 0.4) is 0 Å². The number of halogens is 1. The highest BCUT2D eigenvalue weighted by atomic mass is 79.9. The Morgan fingerprint density at radius 3 is 2.52 bits per heavy atom. The molecule has 0 saturated carbocycles. The lowest BCUT2D eigenvalue weighted by Gasteiger charge is -2.35. The third-order valence-corrected chi connectivity index (χ3v) is 5.72. The van der Waals surface area contributed by atoms with E-state index in [1.54, 1.807) is 0 Å². The first-order valence-corrected chi connectivity index (χ1v) is 10.3. The minimum atomic E-state index is 0.114. The number of benzene rings is 2. The summed E-state index contributed by atoms with van der Waals surface area (Å²) in [5.41, 5.74) is 3.44. The number of aromatic nitrogens is 1. The van der Waals surface area contributed by atoms with Gasteiger partial charge in [-0.05, 0) is 42.5 Å². The Bertz CT molecular complexity index is 991. The van der Waals surface area contributed by atoms with E-state index < -0.39 is 0 Å². The molecule has 1 amide bonds. The second-order valence-electron chi connectivity index (χ2n) is 7.74. The van der Waals surface area contributed by atoms with E-state index >= 15 is 0 Å². The van der Waals surface area contributed by atoms with Crippen molar-refractivity contribution in [1.29, 1.82) is 0 Å². The van der Waals surface area contributed by atoms with Crippen LogP contribution in [0.25, 0.3) is 22.2 Å². The van der Waals surface area contributed by atoms with Gasteiger partial charge in [0.1, 0.15) is 0 Å². The average Bonchev–Trinajstić information content (AvgIpc) is 2.66. The van der Waals surface area contributed by atoms with Crippen molar-refractivity contribution in [1.82, 2.24) is 9.88 Å². The topological polar surface area (TPSA) is 33.2 Å². The molecule has 3 aromatic rings. The van der Waals surface area contributed by atoms with Gasteiger partial charge in [-0.25, -0.2) is 4.98 Å². The molecule has 1 saturated heterocycles. The van der Waals surface area contributed by atoms with Crippen molar-refractivity contribution in [2.45, 2.75) is 20.3 Å². The summed E-state index contributed by atoms with van der Waals surface area (Å²) in [6.45, 7) is 6.11. The smallest absolute Gasteiger partial charge is 0.254 e. The van der Waals surface area contributed by atoms with Crippen LogP contribution in [0.5, 0.6) is 0 Å². The zero-order chi connectivity index (χ0) is 19.0. The number of nitrogens with zero attached hydrogens (tertiary/aromatic N) is 2. The van der Waals surface area contributed by atoms with Crippen LogP contribution in [0, 0.1) is 11.8 Å². The zero-order valence-corrected chi connectivity index (χ0v) is 17.2. The van der Waals surface area contributed by atoms with Gasteiger partial charge in [-0.2, -0.15) is 0 Å². The molecule has 0 bridgehead atoms. The van der Waals surface area contributed by atoms with Crippen LogP contribution in [0.1, 0.15) is 30.6 Å². The van der Waals surface area contributed by atoms with Gasteiger partial charge in [-0.3, -0.25) is 4.79 Å². The highest BCUT2D eigenvalue weighted by Gasteiger charge is 2.27. The molecule has 0 unspecified atom stereocenters. The number of hydrogen-bond acceptors (Lipinski definition) is 2. The van der Waals surface area contributed by atoms with E-state index in [1.165, 1.54) is 6.42 Å². The first-order valence-electron chi connectivity index (χ1n) is 9.46. The summed E-state index contributed by atoms with van der Waals surface area (Å²) in [6.07, 6.45) is 1.18. The molecule has 1 aliphatic heterocycles. The number of carbonyl (C=O) groups is 1.